The van der Waals surface area contributed by atoms with Crippen LogP contribution in [0.4, 0.5) is 0 Å². The average Bonchev–Trinajstić information content (AvgIpc) is 3.80. The van der Waals surface area contributed by atoms with E-state index in [0.717, 1.165) is 83.8 Å². The van der Waals surface area contributed by atoms with E-state index in [0.29, 0.717) is 5.82 Å². The fraction of sp³-hybridized carbons (Fsp3) is 0.0370. The normalized spacial score (nSPS) is 15.1. The molecule has 0 fully saturated rings. The predicted molar refractivity (Wildman–Crippen MR) is 235 cm³/mol. The van der Waals surface area contributed by atoms with Crippen LogP contribution < -0.4 is 4.74 Å². The maximum atomic E-state index is 6.90. The van der Waals surface area contributed by atoms with Crippen molar-refractivity contribution in [1.29, 1.82) is 0 Å². The third-order valence-corrected chi connectivity index (χ3v) is 11.7. The minimum atomic E-state index is -0.560. The van der Waals surface area contributed by atoms with Gasteiger partial charge in [-0.25, -0.2) is 9.97 Å². The van der Waals surface area contributed by atoms with Crippen LogP contribution in [0.1, 0.15) is 23.6 Å². The average molecular weight is 745 g/mol. The fourth-order valence-corrected chi connectivity index (χ4v) is 9.29. The predicted octanol–water partition coefficient (Wildman–Crippen LogP) is 13.8. The van der Waals surface area contributed by atoms with E-state index in [2.05, 4.69) is 153 Å². The van der Waals surface area contributed by atoms with Crippen molar-refractivity contribution in [3.63, 3.8) is 0 Å². The Kier molecular flexibility index (Phi) is 7.73. The second kappa shape index (κ2) is 13.3. The Hall–Kier alpha value is -7.56. The van der Waals surface area contributed by atoms with Crippen molar-refractivity contribution in [2.24, 2.45) is 0 Å². The van der Waals surface area contributed by atoms with E-state index in [-0.39, 0.29) is 0 Å². The molecule has 4 heteroatoms. The van der Waals surface area contributed by atoms with Crippen LogP contribution >= 0.6 is 0 Å². The summed E-state index contributed by atoms with van der Waals surface area (Å²) in [6, 6.07) is 59.5. The summed E-state index contributed by atoms with van der Waals surface area (Å²) >= 11 is 0. The number of rotatable bonds is 5. The second-order valence-electron chi connectivity index (χ2n) is 14.8. The summed E-state index contributed by atoms with van der Waals surface area (Å²) in [6.07, 6.45) is 6.00. The minimum Gasteiger partial charge on any atom is -0.457 e. The number of ether oxygens (including phenoxy) is 1. The first-order valence-corrected chi connectivity index (χ1v) is 19.6. The summed E-state index contributed by atoms with van der Waals surface area (Å²) in [5.41, 5.74) is 14.9. The van der Waals surface area contributed by atoms with Gasteiger partial charge in [0.1, 0.15) is 22.7 Å². The molecular weight excluding hydrogens is 709 g/mol. The largest absolute Gasteiger partial charge is 0.457 e. The van der Waals surface area contributed by atoms with Gasteiger partial charge in [-0.2, -0.15) is 0 Å². The van der Waals surface area contributed by atoms with E-state index < -0.39 is 5.41 Å². The van der Waals surface area contributed by atoms with E-state index in [4.69, 9.17) is 19.1 Å². The molecule has 0 saturated heterocycles. The molecule has 1 aliphatic heterocycles. The van der Waals surface area contributed by atoms with E-state index in [1.807, 2.05) is 48.6 Å². The molecule has 1 spiro atoms. The van der Waals surface area contributed by atoms with Crippen LogP contribution in [-0.4, -0.2) is 9.97 Å². The molecular formula is C54H36N2O2. The number of para-hydroxylation sites is 1. The van der Waals surface area contributed by atoms with Crippen molar-refractivity contribution >= 4 is 21.9 Å². The maximum absolute atomic E-state index is 6.90. The SMILES string of the molecule is C=C/C=C1/Oc2cc(-c3ccccc3-c3cc(-c4ccc5c(c4)oc4ccccc45)nc(-c4ccccc4)n3)ccc2C2(/C1=C/C)c1ccccc1-c1ccccc12. The molecule has 0 N–H and O–H groups in total. The Balaban J connectivity index is 1.10. The third kappa shape index (κ3) is 5.01. The van der Waals surface area contributed by atoms with Crippen molar-refractivity contribution in [2.45, 2.75) is 12.3 Å². The highest BCUT2D eigenvalue weighted by atomic mass is 16.5. The van der Waals surface area contributed by atoms with Crippen molar-refractivity contribution in [3.8, 4) is 61.9 Å². The Morgan fingerprint density at radius 1 is 0.517 bits per heavy atom. The summed E-state index contributed by atoms with van der Waals surface area (Å²) in [4.78, 5) is 10.4. The number of hydrogen-bond acceptors (Lipinski definition) is 4. The van der Waals surface area contributed by atoms with Crippen LogP contribution in [0.2, 0.25) is 0 Å². The number of hydrogen-bond donors (Lipinski definition) is 0. The van der Waals surface area contributed by atoms with Crippen molar-refractivity contribution in [2.75, 3.05) is 0 Å². The standard InChI is InChI=1S/C54H36N2O2/c1-3-16-50-43(4-2)54(44-24-13-10-20-38(44)39-21-11-14-25-45(39)54)46-30-28-35(31-52(46)58-50)37-19-8-9-22-40(37)48-33-47(55-53(56-48)34-17-6-5-7-18-34)36-27-29-42-41-23-12-15-26-49(41)57-51(42)32-36/h3-33H,1H2,2H3/b43-4+,50-16+. The molecule has 58 heavy (non-hydrogen) atoms. The van der Waals surface area contributed by atoms with Gasteiger partial charge in [0.25, 0.3) is 0 Å². The van der Waals surface area contributed by atoms with Gasteiger partial charge < -0.3 is 9.15 Å². The van der Waals surface area contributed by atoms with Gasteiger partial charge in [-0.15, -0.1) is 0 Å². The second-order valence-corrected chi connectivity index (χ2v) is 14.8. The zero-order valence-electron chi connectivity index (χ0n) is 31.8. The summed E-state index contributed by atoms with van der Waals surface area (Å²) < 4.78 is 13.2. The van der Waals surface area contributed by atoms with Crippen LogP contribution in [0.15, 0.2) is 210 Å². The van der Waals surface area contributed by atoms with Crippen molar-refractivity contribution < 1.29 is 9.15 Å². The molecule has 274 valence electrons. The fourth-order valence-electron chi connectivity index (χ4n) is 9.29. The topological polar surface area (TPSA) is 48.2 Å². The molecule has 4 nitrogen and oxygen atoms in total. The molecule has 7 aromatic carbocycles. The van der Waals surface area contributed by atoms with Gasteiger partial charge in [0.15, 0.2) is 5.82 Å². The molecule has 0 bridgehead atoms. The summed E-state index contributed by atoms with van der Waals surface area (Å²) in [6.45, 7) is 6.18. The Morgan fingerprint density at radius 2 is 1.16 bits per heavy atom. The molecule has 11 rings (SSSR count). The van der Waals surface area contributed by atoms with E-state index in [1.54, 1.807) is 0 Å². The van der Waals surface area contributed by atoms with Crippen LogP contribution in [0.25, 0.3) is 78.1 Å². The zero-order valence-corrected chi connectivity index (χ0v) is 31.8. The Labute approximate surface area is 336 Å². The lowest BCUT2D eigenvalue weighted by Crippen LogP contribution is -2.35. The molecule has 0 saturated carbocycles. The van der Waals surface area contributed by atoms with Gasteiger partial charge in [0.2, 0.25) is 0 Å². The van der Waals surface area contributed by atoms with Crippen LogP contribution in [-0.2, 0) is 5.41 Å². The molecule has 1 aliphatic carbocycles. The monoisotopic (exact) mass is 744 g/mol. The molecule has 9 aromatic rings. The first-order chi connectivity index (χ1) is 28.6. The number of benzene rings is 7. The highest BCUT2D eigenvalue weighted by Gasteiger charge is 2.52. The lowest BCUT2D eigenvalue weighted by molar-refractivity contribution is 0.390. The van der Waals surface area contributed by atoms with Crippen molar-refractivity contribution in [3.05, 3.63) is 223 Å². The quantitative estimate of drug-likeness (QED) is 0.176. The van der Waals surface area contributed by atoms with E-state index in [1.165, 1.54) is 22.3 Å². The lowest BCUT2D eigenvalue weighted by Gasteiger charge is -2.41. The van der Waals surface area contributed by atoms with E-state index in [9.17, 15) is 0 Å². The van der Waals surface area contributed by atoms with Crippen LogP contribution in [0, 0.1) is 0 Å². The number of furan rings is 1. The van der Waals surface area contributed by atoms with Gasteiger partial charge in [-0.05, 0) is 76.7 Å². The molecule has 0 atom stereocenters. The van der Waals surface area contributed by atoms with Gasteiger partial charge >= 0.3 is 0 Å². The van der Waals surface area contributed by atoms with Gasteiger partial charge in [-0.3, -0.25) is 0 Å². The number of aromatic nitrogens is 2. The molecule has 2 aliphatic rings. The number of allylic oxidation sites excluding steroid dienone is 4. The van der Waals surface area contributed by atoms with Gasteiger partial charge in [-0.1, -0.05) is 158 Å². The lowest BCUT2D eigenvalue weighted by atomic mass is 9.65. The number of nitrogens with zero attached hydrogens (tertiary/aromatic N) is 2. The minimum absolute atomic E-state index is 0.560. The van der Waals surface area contributed by atoms with Crippen LogP contribution in [0.3, 0.4) is 0 Å². The Morgan fingerprint density at radius 3 is 1.91 bits per heavy atom. The molecule has 3 heterocycles. The molecule has 0 unspecified atom stereocenters. The Bertz CT molecular complexity index is 3140. The van der Waals surface area contributed by atoms with Crippen molar-refractivity contribution in [1.82, 2.24) is 9.97 Å². The summed E-state index contributed by atoms with van der Waals surface area (Å²) in [5, 5.41) is 2.18. The number of fused-ring (bicyclic) bond motifs is 10. The van der Waals surface area contributed by atoms with Gasteiger partial charge in [0, 0.05) is 38.6 Å². The smallest absolute Gasteiger partial charge is 0.160 e. The van der Waals surface area contributed by atoms with E-state index >= 15 is 0 Å². The molecule has 0 amide bonds. The van der Waals surface area contributed by atoms with Gasteiger partial charge in [0.05, 0.1) is 16.8 Å². The summed E-state index contributed by atoms with van der Waals surface area (Å²) in [7, 11) is 0. The first kappa shape index (κ1) is 33.8. The highest BCUT2D eigenvalue weighted by molar-refractivity contribution is 6.06. The zero-order chi connectivity index (χ0) is 38.8. The first-order valence-electron chi connectivity index (χ1n) is 19.6. The highest BCUT2D eigenvalue weighted by Crippen LogP contribution is 2.61. The third-order valence-electron chi connectivity index (χ3n) is 11.7. The molecule has 2 aromatic heterocycles. The van der Waals surface area contributed by atoms with Crippen LogP contribution in [0.5, 0.6) is 5.75 Å². The maximum Gasteiger partial charge on any atom is 0.160 e. The molecule has 0 radical (unpaired) electrons. The summed E-state index contributed by atoms with van der Waals surface area (Å²) in [5.74, 6) is 2.25.